The molecule has 0 radical (unpaired) electrons. The third kappa shape index (κ3) is 3.49. The molecule has 4 rings (SSSR count). The van der Waals surface area contributed by atoms with Gasteiger partial charge in [-0.15, -0.1) is 11.3 Å². The molecule has 2 aliphatic rings. The number of rotatable bonds is 4. The van der Waals surface area contributed by atoms with Gasteiger partial charge >= 0.3 is 5.97 Å². The fourth-order valence-electron chi connectivity index (χ4n) is 2.77. The van der Waals surface area contributed by atoms with Crippen LogP contribution in [-0.2, 0) is 14.3 Å². The van der Waals surface area contributed by atoms with Crippen molar-refractivity contribution < 1.29 is 19.0 Å². The maximum absolute atomic E-state index is 12.1. The van der Waals surface area contributed by atoms with Gasteiger partial charge in [0, 0.05) is 23.5 Å². The summed E-state index contributed by atoms with van der Waals surface area (Å²) in [5.74, 6) is 0.620. The van der Waals surface area contributed by atoms with Crippen LogP contribution in [0.15, 0.2) is 47.1 Å². The lowest BCUT2D eigenvalue weighted by atomic mass is 10.2. The van der Waals surface area contributed by atoms with Gasteiger partial charge in [-0.1, -0.05) is 0 Å². The van der Waals surface area contributed by atoms with Crippen LogP contribution in [0.25, 0.3) is 6.08 Å². The molecule has 2 aliphatic heterocycles. The molecule has 1 aromatic heterocycles. The number of hydrogen-bond acceptors (Lipinski definition) is 7. The van der Waals surface area contributed by atoms with Crippen molar-refractivity contribution in [1.82, 2.24) is 0 Å². The van der Waals surface area contributed by atoms with Gasteiger partial charge in [0.05, 0.1) is 25.3 Å². The Labute approximate surface area is 155 Å². The van der Waals surface area contributed by atoms with E-state index in [9.17, 15) is 4.79 Å². The van der Waals surface area contributed by atoms with E-state index < -0.39 is 5.97 Å². The molecule has 0 spiro atoms. The molecule has 2 aromatic rings. The average Bonchev–Trinajstić information content (AvgIpc) is 3.30. The van der Waals surface area contributed by atoms with Gasteiger partial charge in [-0.05, 0) is 42.5 Å². The standard InChI is InChI=1S/C19H18N2O4S/c1-23-14-4-2-13(3-5-14)18-20-16(19(22)25-18)12-15-6-7-17(26-15)21-8-10-24-11-9-21/h2-7,12H,8-11H2,1H3/b16-12+. The highest BCUT2D eigenvalue weighted by Crippen LogP contribution is 2.29. The van der Waals surface area contributed by atoms with E-state index in [1.54, 1.807) is 36.7 Å². The highest BCUT2D eigenvalue weighted by molar-refractivity contribution is 7.16. The van der Waals surface area contributed by atoms with Crippen LogP contribution in [-0.4, -0.2) is 45.3 Å². The third-order valence-electron chi connectivity index (χ3n) is 4.17. The fraction of sp³-hybridized carbons (Fsp3) is 0.263. The molecular formula is C19H18N2O4S. The topological polar surface area (TPSA) is 60.4 Å². The van der Waals surface area contributed by atoms with Crippen LogP contribution in [0.3, 0.4) is 0 Å². The molecule has 0 aliphatic carbocycles. The van der Waals surface area contributed by atoms with E-state index >= 15 is 0 Å². The van der Waals surface area contributed by atoms with Gasteiger partial charge in [-0.2, -0.15) is 0 Å². The van der Waals surface area contributed by atoms with Crippen molar-refractivity contribution in [3.8, 4) is 5.75 Å². The number of hydrogen-bond donors (Lipinski definition) is 0. The second-order valence-corrected chi connectivity index (χ2v) is 6.93. The van der Waals surface area contributed by atoms with Crippen LogP contribution < -0.4 is 9.64 Å². The van der Waals surface area contributed by atoms with Crippen molar-refractivity contribution in [1.29, 1.82) is 0 Å². The minimum absolute atomic E-state index is 0.311. The maximum atomic E-state index is 12.1. The SMILES string of the molecule is COc1ccc(C2=N/C(=C/c3ccc(N4CCOCC4)s3)C(=O)O2)cc1. The maximum Gasteiger partial charge on any atom is 0.363 e. The van der Waals surface area contributed by atoms with Crippen LogP contribution in [0, 0.1) is 0 Å². The number of carbonyl (C=O) groups excluding carboxylic acids is 1. The van der Waals surface area contributed by atoms with E-state index in [2.05, 4.69) is 16.0 Å². The Morgan fingerprint density at radius 1 is 1.15 bits per heavy atom. The number of thiophene rings is 1. The third-order valence-corrected chi connectivity index (χ3v) is 5.26. The van der Waals surface area contributed by atoms with Crippen molar-refractivity contribution in [3.05, 3.63) is 52.5 Å². The van der Waals surface area contributed by atoms with Crippen molar-refractivity contribution in [2.75, 3.05) is 38.3 Å². The van der Waals surface area contributed by atoms with Crippen molar-refractivity contribution >= 4 is 34.3 Å². The zero-order valence-corrected chi connectivity index (χ0v) is 15.1. The predicted molar refractivity (Wildman–Crippen MR) is 101 cm³/mol. The van der Waals surface area contributed by atoms with Crippen LogP contribution in [0.2, 0.25) is 0 Å². The molecular weight excluding hydrogens is 352 g/mol. The van der Waals surface area contributed by atoms with Gasteiger partial charge in [0.25, 0.3) is 0 Å². The summed E-state index contributed by atoms with van der Waals surface area (Å²) in [6, 6.07) is 11.3. The molecule has 3 heterocycles. The van der Waals surface area contributed by atoms with E-state index in [0.717, 1.165) is 42.5 Å². The number of aliphatic imine (C=N–C) groups is 1. The molecule has 0 bridgehead atoms. The highest BCUT2D eigenvalue weighted by Gasteiger charge is 2.24. The molecule has 7 heteroatoms. The zero-order chi connectivity index (χ0) is 17.9. The summed E-state index contributed by atoms with van der Waals surface area (Å²) in [6.07, 6.45) is 1.77. The fourth-order valence-corrected chi connectivity index (χ4v) is 3.77. The molecule has 6 nitrogen and oxygen atoms in total. The first-order chi connectivity index (χ1) is 12.7. The Morgan fingerprint density at radius 2 is 1.92 bits per heavy atom. The summed E-state index contributed by atoms with van der Waals surface area (Å²) in [7, 11) is 1.61. The lowest BCUT2D eigenvalue weighted by molar-refractivity contribution is -0.129. The van der Waals surface area contributed by atoms with Gasteiger partial charge in [-0.25, -0.2) is 9.79 Å². The van der Waals surface area contributed by atoms with E-state index in [4.69, 9.17) is 14.2 Å². The van der Waals surface area contributed by atoms with Crippen molar-refractivity contribution in [3.63, 3.8) is 0 Å². The second kappa shape index (κ2) is 7.31. The summed E-state index contributed by atoms with van der Waals surface area (Å²) in [6.45, 7) is 3.27. The molecule has 1 saturated heterocycles. The zero-order valence-electron chi connectivity index (χ0n) is 14.3. The number of nitrogens with zero attached hydrogens (tertiary/aromatic N) is 2. The number of benzene rings is 1. The van der Waals surface area contributed by atoms with Crippen LogP contribution >= 0.6 is 11.3 Å². The Hall–Kier alpha value is -2.64. The van der Waals surface area contributed by atoms with Gasteiger partial charge in [-0.3, -0.25) is 0 Å². The van der Waals surface area contributed by atoms with E-state index in [-0.39, 0.29) is 0 Å². The van der Waals surface area contributed by atoms with Gasteiger partial charge in [0.1, 0.15) is 5.75 Å². The number of methoxy groups -OCH3 is 1. The second-order valence-electron chi connectivity index (χ2n) is 5.84. The first-order valence-electron chi connectivity index (χ1n) is 8.32. The molecule has 1 aromatic carbocycles. The molecule has 134 valence electrons. The van der Waals surface area contributed by atoms with Crippen LogP contribution in [0.1, 0.15) is 10.4 Å². The first kappa shape index (κ1) is 16.8. The average molecular weight is 370 g/mol. The van der Waals surface area contributed by atoms with Gasteiger partial charge < -0.3 is 19.1 Å². The molecule has 0 saturated carbocycles. The molecule has 0 amide bonds. The molecule has 0 N–H and O–H groups in total. The van der Waals surface area contributed by atoms with Crippen molar-refractivity contribution in [2.24, 2.45) is 4.99 Å². The minimum Gasteiger partial charge on any atom is -0.497 e. The van der Waals surface area contributed by atoms with Crippen molar-refractivity contribution in [2.45, 2.75) is 0 Å². The number of anilines is 1. The predicted octanol–water partition coefficient (Wildman–Crippen LogP) is 2.94. The summed E-state index contributed by atoms with van der Waals surface area (Å²) in [4.78, 5) is 19.7. The number of cyclic esters (lactones) is 1. The lowest BCUT2D eigenvalue weighted by Gasteiger charge is -2.27. The van der Waals surface area contributed by atoms with Crippen LogP contribution in [0.4, 0.5) is 5.00 Å². The number of morpholine rings is 1. The summed E-state index contributed by atoms with van der Waals surface area (Å²) >= 11 is 1.63. The monoisotopic (exact) mass is 370 g/mol. The van der Waals surface area contributed by atoms with E-state index in [1.807, 2.05) is 18.2 Å². The first-order valence-corrected chi connectivity index (χ1v) is 9.14. The van der Waals surface area contributed by atoms with E-state index in [0.29, 0.717) is 11.6 Å². The quantitative estimate of drug-likeness (QED) is 0.612. The number of ether oxygens (including phenoxy) is 3. The Kier molecular flexibility index (Phi) is 4.73. The normalized spacial score (nSPS) is 18.8. The summed E-state index contributed by atoms with van der Waals surface area (Å²) in [5.41, 5.74) is 1.05. The van der Waals surface area contributed by atoms with Gasteiger partial charge in [0.15, 0.2) is 5.70 Å². The molecule has 0 atom stereocenters. The van der Waals surface area contributed by atoms with E-state index in [1.165, 1.54) is 5.00 Å². The summed E-state index contributed by atoms with van der Waals surface area (Å²) < 4.78 is 15.8. The smallest absolute Gasteiger partial charge is 0.363 e. The highest BCUT2D eigenvalue weighted by atomic mass is 32.1. The van der Waals surface area contributed by atoms with Gasteiger partial charge in [0.2, 0.25) is 5.90 Å². The Balaban J connectivity index is 1.53. The minimum atomic E-state index is -0.433. The van der Waals surface area contributed by atoms with Crippen LogP contribution in [0.5, 0.6) is 5.75 Å². The Morgan fingerprint density at radius 3 is 2.65 bits per heavy atom. The lowest BCUT2D eigenvalue weighted by Crippen LogP contribution is -2.35. The Bertz CT molecular complexity index is 864. The molecule has 0 unspecified atom stereocenters. The largest absolute Gasteiger partial charge is 0.497 e. The molecule has 26 heavy (non-hydrogen) atoms. The number of esters is 1. The number of carbonyl (C=O) groups is 1. The summed E-state index contributed by atoms with van der Waals surface area (Å²) in [5, 5.41) is 1.17. The molecule has 1 fully saturated rings.